The van der Waals surface area contributed by atoms with Crippen molar-refractivity contribution in [2.75, 3.05) is 0 Å². The van der Waals surface area contributed by atoms with Gasteiger partial charge in [-0.05, 0) is 47.0 Å². The fourth-order valence-electron chi connectivity index (χ4n) is 2.51. The summed E-state index contributed by atoms with van der Waals surface area (Å²) in [6.07, 6.45) is 0.170. The summed E-state index contributed by atoms with van der Waals surface area (Å²) in [7, 11) is 0. The van der Waals surface area contributed by atoms with E-state index in [-0.39, 0.29) is 0 Å². The lowest BCUT2D eigenvalue weighted by molar-refractivity contribution is 0.178. The second-order valence-corrected chi connectivity index (χ2v) is 6.37. The standard InChI is InChI=1S/C19H17BrO/c1-13-2-4-14(5-3-13)10-19(21)17-7-6-16-12-18(20)9-8-15(16)11-17/h2-9,11-12,19,21H,10H2,1H3. The van der Waals surface area contributed by atoms with Crippen LogP contribution >= 0.6 is 15.9 Å². The Kier molecular flexibility index (Phi) is 4.09. The van der Waals surface area contributed by atoms with Gasteiger partial charge in [0.2, 0.25) is 0 Å². The average molecular weight is 341 g/mol. The van der Waals surface area contributed by atoms with Crippen molar-refractivity contribution in [3.8, 4) is 0 Å². The molecule has 3 aromatic rings. The summed E-state index contributed by atoms with van der Waals surface area (Å²) in [6.45, 7) is 2.07. The van der Waals surface area contributed by atoms with Crippen LogP contribution in [0.4, 0.5) is 0 Å². The molecule has 0 saturated heterocycles. The van der Waals surface area contributed by atoms with Crippen molar-refractivity contribution in [1.29, 1.82) is 0 Å². The number of fused-ring (bicyclic) bond motifs is 1. The molecule has 1 nitrogen and oxygen atoms in total. The van der Waals surface area contributed by atoms with Crippen molar-refractivity contribution >= 4 is 26.7 Å². The lowest BCUT2D eigenvalue weighted by Crippen LogP contribution is -2.01. The van der Waals surface area contributed by atoms with Gasteiger partial charge in [-0.3, -0.25) is 0 Å². The van der Waals surface area contributed by atoms with Crippen molar-refractivity contribution in [1.82, 2.24) is 0 Å². The quantitative estimate of drug-likeness (QED) is 0.695. The van der Waals surface area contributed by atoms with E-state index < -0.39 is 6.10 Å². The molecule has 3 aromatic carbocycles. The molecule has 0 bridgehead atoms. The summed E-state index contributed by atoms with van der Waals surface area (Å²) in [4.78, 5) is 0. The van der Waals surface area contributed by atoms with Gasteiger partial charge in [0.1, 0.15) is 0 Å². The van der Waals surface area contributed by atoms with Crippen molar-refractivity contribution in [2.45, 2.75) is 19.4 Å². The fourth-order valence-corrected chi connectivity index (χ4v) is 2.89. The van der Waals surface area contributed by atoms with E-state index in [1.54, 1.807) is 0 Å². The van der Waals surface area contributed by atoms with Gasteiger partial charge in [0.15, 0.2) is 0 Å². The molecule has 2 heteroatoms. The normalized spacial score (nSPS) is 12.5. The molecule has 106 valence electrons. The Balaban J connectivity index is 1.85. The van der Waals surface area contributed by atoms with Crippen LogP contribution < -0.4 is 0 Å². The van der Waals surface area contributed by atoms with E-state index in [2.05, 4.69) is 71.4 Å². The monoisotopic (exact) mass is 340 g/mol. The van der Waals surface area contributed by atoms with Crippen molar-refractivity contribution in [2.24, 2.45) is 0 Å². The number of rotatable bonds is 3. The molecule has 0 aliphatic heterocycles. The Morgan fingerprint density at radius 3 is 2.33 bits per heavy atom. The molecule has 1 N–H and O–H groups in total. The smallest absolute Gasteiger partial charge is 0.0830 e. The lowest BCUT2D eigenvalue weighted by Gasteiger charge is -2.12. The summed E-state index contributed by atoms with van der Waals surface area (Å²) in [5.74, 6) is 0. The third-order valence-electron chi connectivity index (χ3n) is 3.76. The van der Waals surface area contributed by atoms with Crippen LogP contribution in [0, 0.1) is 6.92 Å². The zero-order valence-electron chi connectivity index (χ0n) is 11.9. The molecule has 0 spiro atoms. The highest BCUT2D eigenvalue weighted by atomic mass is 79.9. The number of hydrogen-bond acceptors (Lipinski definition) is 1. The minimum Gasteiger partial charge on any atom is -0.388 e. The summed E-state index contributed by atoms with van der Waals surface area (Å²) in [6, 6.07) is 20.7. The number of aliphatic hydroxyl groups excluding tert-OH is 1. The first kappa shape index (κ1) is 14.3. The first-order chi connectivity index (χ1) is 10.1. The Bertz CT molecular complexity index is 762. The molecule has 1 unspecified atom stereocenters. The van der Waals surface area contributed by atoms with Crippen LogP contribution in [0.25, 0.3) is 10.8 Å². The minimum absolute atomic E-state index is 0.472. The maximum absolute atomic E-state index is 10.4. The molecule has 0 aromatic heterocycles. The Morgan fingerprint density at radius 2 is 1.57 bits per heavy atom. The molecule has 21 heavy (non-hydrogen) atoms. The molecule has 3 rings (SSSR count). The SMILES string of the molecule is Cc1ccc(CC(O)c2ccc3cc(Br)ccc3c2)cc1. The molecule has 0 heterocycles. The second kappa shape index (κ2) is 6.00. The van der Waals surface area contributed by atoms with Crippen molar-refractivity contribution in [3.63, 3.8) is 0 Å². The van der Waals surface area contributed by atoms with E-state index in [4.69, 9.17) is 0 Å². The average Bonchev–Trinajstić information content (AvgIpc) is 2.49. The van der Waals surface area contributed by atoms with E-state index in [1.807, 2.05) is 12.1 Å². The molecule has 1 atom stereocenters. The minimum atomic E-state index is -0.472. The fraction of sp³-hybridized carbons (Fsp3) is 0.158. The van der Waals surface area contributed by atoms with Gasteiger partial charge in [0.05, 0.1) is 6.10 Å². The molecule has 0 fully saturated rings. The van der Waals surface area contributed by atoms with Crippen molar-refractivity contribution in [3.05, 3.63) is 81.8 Å². The van der Waals surface area contributed by atoms with Gasteiger partial charge in [0, 0.05) is 10.9 Å². The van der Waals surface area contributed by atoms with Crippen LogP contribution in [0.3, 0.4) is 0 Å². The van der Waals surface area contributed by atoms with Crippen molar-refractivity contribution < 1.29 is 5.11 Å². The van der Waals surface area contributed by atoms with E-state index in [0.29, 0.717) is 6.42 Å². The van der Waals surface area contributed by atoms with Gasteiger partial charge in [-0.2, -0.15) is 0 Å². The zero-order chi connectivity index (χ0) is 14.8. The Hall–Kier alpha value is -1.64. The first-order valence-electron chi connectivity index (χ1n) is 7.05. The van der Waals surface area contributed by atoms with Gasteiger partial charge in [-0.15, -0.1) is 0 Å². The van der Waals surface area contributed by atoms with E-state index in [9.17, 15) is 5.11 Å². The number of halogens is 1. The van der Waals surface area contributed by atoms with Gasteiger partial charge in [-0.1, -0.05) is 64.0 Å². The molecule has 0 radical (unpaired) electrons. The van der Waals surface area contributed by atoms with E-state index in [1.165, 1.54) is 10.9 Å². The molecule has 0 aliphatic carbocycles. The van der Waals surface area contributed by atoms with Gasteiger partial charge >= 0.3 is 0 Å². The summed E-state index contributed by atoms with van der Waals surface area (Å²) < 4.78 is 1.07. The molecule has 0 aliphatic rings. The third-order valence-corrected chi connectivity index (χ3v) is 4.25. The maximum atomic E-state index is 10.4. The van der Waals surface area contributed by atoms with Crippen LogP contribution in [0.15, 0.2) is 65.1 Å². The largest absolute Gasteiger partial charge is 0.388 e. The molecule has 0 saturated carbocycles. The van der Waals surface area contributed by atoms with Gasteiger partial charge < -0.3 is 5.11 Å². The first-order valence-corrected chi connectivity index (χ1v) is 7.84. The zero-order valence-corrected chi connectivity index (χ0v) is 13.5. The summed E-state index contributed by atoms with van der Waals surface area (Å²) >= 11 is 3.48. The Labute approximate surface area is 133 Å². The number of aliphatic hydroxyl groups is 1. The molecular weight excluding hydrogens is 324 g/mol. The highest BCUT2D eigenvalue weighted by Crippen LogP contribution is 2.25. The van der Waals surface area contributed by atoms with E-state index in [0.717, 1.165) is 21.0 Å². The van der Waals surface area contributed by atoms with Crippen LogP contribution in [0.5, 0.6) is 0 Å². The van der Waals surface area contributed by atoms with Crippen LogP contribution in [0.1, 0.15) is 22.8 Å². The second-order valence-electron chi connectivity index (χ2n) is 5.46. The van der Waals surface area contributed by atoms with Crippen LogP contribution in [0.2, 0.25) is 0 Å². The predicted molar refractivity (Wildman–Crippen MR) is 91.5 cm³/mol. The number of hydrogen-bond donors (Lipinski definition) is 1. The highest BCUT2D eigenvalue weighted by Gasteiger charge is 2.09. The highest BCUT2D eigenvalue weighted by molar-refractivity contribution is 9.10. The maximum Gasteiger partial charge on any atom is 0.0830 e. The molecule has 0 amide bonds. The van der Waals surface area contributed by atoms with Crippen LogP contribution in [-0.2, 0) is 6.42 Å². The number of benzene rings is 3. The molecular formula is C19H17BrO. The van der Waals surface area contributed by atoms with E-state index >= 15 is 0 Å². The summed E-state index contributed by atoms with van der Waals surface area (Å²) in [5.41, 5.74) is 3.36. The van der Waals surface area contributed by atoms with Gasteiger partial charge in [0.25, 0.3) is 0 Å². The lowest BCUT2D eigenvalue weighted by atomic mass is 9.98. The topological polar surface area (TPSA) is 20.2 Å². The summed E-state index contributed by atoms with van der Waals surface area (Å²) in [5, 5.41) is 12.8. The Morgan fingerprint density at radius 1 is 0.905 bits per heavy atom. The van der Waals surface area contributed by atoms with Crippen LogP contribution in [-0.4, -0.2) is 5.11 Å². The predicted octanol–water partition coefficient (Wildman–Crippen LogP) is 5.19. The van der Waals surface area contributed by atoms with Gasteiger partial charge in [-0.25, -0.2) is 0 Å². The number of aryl methyl sites for hydroxylation is 1. The third kappa shape index (κ3) is 3.34.